The number of amides is 1. The molecule has 2 aromatic carbocycles. The Labute approximate surface area is 234 Å². The first kappa shape index (κ1) is 30.3. The lowest BCUT2D eigenvalue weighted by Gasteiger charge is -2.39. The average Bonchev–Trinajstić information content (AvgIpc) is 2.91. The number of nitrogens with one attached hydrogen (secondary N) is 1. The molecule has 2 aromatic rings. The molecule has 0 radical (unpaired) electrons. The number of para-hydroxylation sites is 1. The number of hydrogen-bond donors (Lipinski definition) is 2. The Hall–Kier alpha value is -3.27. The molecule has 39 heavy (non-hydrogen) atoms. The van der Waals surface area contributed by atoms with Gasteiger partial charge in [-0.25, -0.2) is 12.8 Å². The van der Waals surface area contributed by atoms with Crippen LogP contribution in [0.5, 0.6) is 0 Å². The number of nitrogens with zero attached hydrogens (tertiary/aromatic N) is 2. The predicted octanol–water partition coefficient (Wildman–Crippen LogP) is 6.27. The van der Waals surface area contributed by atoms with Gasteiger partial charge in [0.15, 0.2) is 0 Å². The maximum atomic E-state index is 15.0. The molecule has 0 aliphatic carbocycles. The summed E-state index contributed by atoms with van der Waals surface area (Å²) < 4.78 is 43.4. The van der Waals surface area contributed by atoms with Gasteiger partial charge in [-0.05, 0) is 68.5 Å². The van der Waals surface area contributed by atoms with Gasteiger partial charge >= 0.3 is 0 Å². The van der Waals surface area contributed by atoms with Crippen molar-refractivity contribution in [3.8, 4) is 0 Å². The van der Waals surface area contributed by atoms with Crippen LogP contribution in [0.4, 0.5) is 15.8 Å². The molecule has 2 N–H and O–H groups in total. The van der Waals surface area contributed by atoms with Crippen LogP contribution < -0.4 is 4.72 Å². The Bertz CT molecular complexity index is 1440. The minimum atomic E-state index is -4.16. The van der Waals surface area contributed by atoms with Crippen molar-refractivity contribution in [3.63, 3.8) is 0 Å². The second kappa shape index (κ2) is 12.7. The normalized spacial score (nSPS) is 16.4. The molecule has 1 heterocycles. The molecule has 3 rings (SSSR count). The van der Waals surface area contributed by atoms with E-state index in [2.05, 4.69) is 16.3 Å². The summed E-state index contributed by atoms with van der Waals surface area (Å²) in [6.45, 7) is 9.42. The molecule has 0 spiro atoms. The molecule has 1 amide bonds. The molecular formula is C29H33ClFN3O4S. The van der Waals surface area contributed by atoms with Gasteiger partial charge < -0.3 is 10.0 Å². The number of aryl methyl sites for hydroxylation is 1. The topological polar surface area (TPSA) is 99.1 Å². The second-order valence-corrected chi connectivity index (χ2v) is 11.3. The Morgan fingerprint density at radius 2 is 1.97 bits per heavy atom. The number of aliphatic imine (C=N–C) groups is 1. The number of piperidine rings is 1. The number of sulfonamides is 1. The molecular weight excluding hydrogens is 541 g/mol. The van der Waals surface area contributed by atoms with E-state index >= 15 is 4.39 Å². The van der Waals surface area contributed by atoms with Crippen molar-refractivity contribution < 1.29 is 22.7 Å². The van der Waals surface area contributed by atoms with E-state index in [4.69, 9.17) is 11.6 Å². The summed E-state index contributed by atoms with van der Waals surface area (Å²) in [4.78, 5) is 18.7. The van der Waals surface area contributed by atoms with Crippen LogP contribution in [-0.4, -0.2) is 49.2 Å². The highest BCUT2D eigenvalue weighted by Crippen LogP contribution is 2.35. The van der Waals surface area contributed by atoms with Gasteiger partial charge in [0.05, 0.1) is 17.0 Å². The van der Waals surface area contributed by atoms with Gasteiger partial charge in [0.2, 0.25) is 0 Å². The predicted molar refractivity (Wildman–Crippen MR) is 155 cm³/mol. The van der Waals surface area contributed by atoms with Crippen molar-refractivity contribution in [2.75, 3.05) is 17.8 Å². The van der Waals surface area contributed by atoms with E-state index in [1.54, 1.807) is 44.2 Å². The van der Waals surface area contributed by atoms with Crippen LogP contribution in [0, 0.1) is 12.7 Å². The number of aliphatic hydroxyl groups is 1. The second-order valence-electron chi connectivity index (χ2n) is 9.20. The molecule has 1 aliphatic rings. The number of likely N-dealkylation sites (tertiary alicyclic amines) is 1. The van der Waals surface area contributed by atoms with E-state index in [1.807, 2.05) is 6.92 Å². The number of hydrogen-bond acceptors (Lipinski definition) is 5. The molecule has 0 unspecified atom stereocenters. The Balaban J connectivity index is 1.78. The van der Waals surface area contributed by atoms with Crippen LogP contribution in [0.1, 0.15) is 49.0 Å². The van der Waals surface area contributed by atoms with Crippen molar-refractivity contribution >= 4 is 45.1 Å². The third-order valence-corrected chi connectivity index (χ3v) is 8.46. The van der Waals surface area contributed by atoms with Crippen LogP contribution >= 0.6 is 11.6 Å². The standard InChI is InChI=1S/C29H33ClFN3O4S/c1-5-8-11-22(23(30)6-2)29(36)15-17-34(18-16-29)28(35)21-13-14-25(24(31)19-21)33-39(37,38)26-12-9-10-20(4)27(26)32-7-3/h5,7-14,19,33,36H,1,6,15-18H2,2-4H3. The van der Waals surface area contributed by atoms with Gasteiger partial charge in [-0.15, -0.1) is 0 Å². The highest BCUT2D eigenvalue weighted by atomic mass is 35.5. The first-order valence-electron chi connectivity index (χ1n) is 12.6. The maximum absolute atomic E-state index is 15.0. The Morgan fingerprint density at radius 1 is 1.28 bits per heavy atom. The zero-order valence-electron chi connectivity index (χ0n) is 22.2. The first-order valence-corrected chi connectivity index (χ1v) is 14.4. The summed E-state index contributed by atoms with van der Waals surface area (Å²) in [7, 11) is -4.16. The number of anilines is 1. The van der Waals surface area contributed by atoms with Crippen molar-refractivity contribution in [1.82, 2.24) is 4.90 Å². The summed E-state index contributed by atoms with van der Waals surface area (Å²) in [6.07, 6.45) is 7.58. The Morgan fingerprint density at radius 3 is 2.56 bits per heavy atom. The van der Waals surface area contributed by atoms with Gasteiger partial charge in [-0.2, -0.15) is 0 Å². The van der Waals surface area contributed by atoms with Gasteiger partial charge in [-0.3, -0.25) is 14.5 Å². The zero-order chi connectivity index (χ0) is 28.8. The van der Waals surface area contributed by atoms with E-state index < -0.39 is 27.3 Å². The summed E-state index contributed by atoms with van der Waals surface area (Å²) in [5, 5.41) is 11.8. The van der Waals surface area contributed by atoms with E-state index in [0.29, 0.717) is 22.6 Å². The molecule has 7 nitrogen and oxygen atoms in total. The summed E-state index contributed by atoms with van der Waals surface area (Å²) in [5.41, 5.74) is 0.104. The van der Waals surface area contributed by atoms with Crippen molar-refractivity contribution in [3.05, 3.63) is 88.8 Å². The van der Waals surface area contributed by atoms with E-state index in [1.165, 1.54) is 29.3 Å². The van der Waals surface area contributed by atoms with Gasteiger partial charge in [0.1, 0.15) is 10.7 Å². The van der Waals surface area contributed by atoms with Crippen molar-refractivity contribution in [2.45, 2.75) is 50.5 Å². The van der Waals surface area contributed by atoms with Crippen LogP contribution in [0.15, 0.2) is 81.7 Å². The highest BCUT2D eigenvalue weighted by Gasteiger charge is 2.37. The average molecular weight is 574 g/mol. The molecule has 0 aromatic heterocycles. The van der Waals surface area contributed by atoms with Gasteiger partial charge in [0.25, 0.3) is 15.9 Å². The van der Waals surface area contributed by atoms with Crippen molar-refractivity contribution in [1.29, 1.82) is 0 Å². The smallest absolute Gasteiger partial charge is 0.264 e. The number of carbonyl (C=O) groups is 1. The van der Waals surface area contributed by atoms with E-state index in [-0.39, 0.29) is 47.8 Å². The molecule has 0 saturated carbocycles. The van der Waals surface area contributed by atoms with Gasteiger partial charge in [0, 0.05) is 29.9 Å². The van der Waals surface area contributed by atoms with E-state index in [9.17, 15) is 18.3 Å². The van der Waals surface area contributed by atoms with Crippen molar-refractivity contribution in [2.24, 2.45) is 4.99 Å². The number of rotatable bonds is 9. The molecule has 1 saturated heterocycles. The highest BCUT2D eigenvalue weighted by molar-refractivity contribution is 7.92. The van der Waals surface area contributed by atoms with Crippen LogP contribution in [-0.2, 0) is 10.0 Å². The number of halogens is 2. The first-order chi connectivity index (χ1) is 18.5. The lowest BCUT2D eigenvalue weighted by atomic mass is 9.83. The summed E-state index contributed by atoms with van der Waals surface area (Å²) in [6, 6.07) is 8.32. The van der Waals surface area contributed by atoms with Crippen LogP contribution in [0.2, 0.25) is 0 Å². The largest absolute Gasteiger partial charge is 0.385 e. The molecule has 1 aliphatic heterocycles. The molecule has 1 fully saturated rings. The van der Waals surface area contributed by atoms with Crippen LogP contribution in [0.3, 0.4) is 0 Å². The van der Waals surface area contributed by atoms with Crippen LogP contribution in [0.25, 0.3) is 0 Å². The number of allylic oxidation sites excluding steroid dienone is 3. The third kappa shape index (κ3) is 6.84. The Kier molecular flexibility index (Phi) is 9.88. The monoisotopic (exact) mass is 573 g/mol. The fourth-order valence-corrected chi connectivity index (χ4v) is 5.99. The lowest BCUT2D eigenvalue weighted by Crippen LogP contribution is -2.47. The zero-order valence-corrected chi connectivity index (χ0v) is 23.8. The quantitative estimate of drug-likeness (QED) is 0.273. The SMILES string of the molecule is C=CC=CC(=C(Cl)CC)C1(O)CCN(C(=O)c2ccc(NS(=O)(=O)c3cccc(C)c3N=CC)c(F)c2)CC1. The fraction of sp³-hybridized carbons (Fsp3) is 0.310. The van der Waals surface area contributed by atoms with E-state index in [0.717, 1.165) is 6.07 Å². The molecule has 208 valence electrons. The third-order valence-electron chi connectivity index (χ3n) is 6.59. The fourth-order valence-electron chi connectivity index (χ4n) is 4.46. The minimum Gasteiger partial charge on any atom is -0.385 e. The van der Waals surface area contributed by atoms with Gasteiger partial charge in [-0.1, -0.05) is 55.5 Å². The number of benzene rings is 2. The lowest BCUT2D eigenvalue weighted by molar-refractivity contribution is 0.0126. The maximum Gasteiger partial charge on any atom is 0.264 e. The minimum absolute atomic E-state index is 0.0709. The molecule has 10 heteroatoms. The summed E-state index contributed by atoms with van der Waals surface area (Å²) in [5.74, 6) is -1.31. The molecule has 0 bridgehead atoms. The molecule has 0 atom stereocenters. The summed E-state index contributed by atoms with van der Waals surface area (Å²) >= 11 is 6.39. The number of carbonyl (C=O) groups excluding carboxylic acids is 1.